The van der Waals surface area contributed by atoms with E-state index in [1.165, 1.54) is 56.9 Å². The molecule has 2 fully saturated rings. The number of phenolic OH excluding ortho intramolecular Hbond substituents is 1. The standard InChI is InChI=1S/C21H33NO/c1-2-21(22)19-9-7-17(8-10-19)15-3-5-16(6-4-15)18-11-13-20(23)14-12-18/h11-17,19,21,23H,2-10,22H2,1H3. The lowest BCUT2D eigenvalue weighted by Gasteiger charge is -2.39. The SMILES string of the molecule is CCC(N)C1CCC(C2CCC(c3ccc(O)cc3)CC2)CC1. The van der Waals surface area contributed by atoms with Crippen LogP contribution < -0.4 is 5.73 Å². The number of rotatable bonds is 4. The maximum atomic E-state index is 9.44. The van der Waals surface area contributed by atoms with Crippen molar-refractivity contribution >= 4 is 0 Å². The number of phenols is 1. The summed E-state index contributed by atoms with van der Waals surface area (Å²) in [6.45, 7) is 2.22. The summed E-state index contributed by atoms with van der Waals surface area (Å²) in [5.41, 5.74) is 7.66. The van der Waals surface area contributed by atoms with E-state index < -0.39 is 0 Å². The molecule has 3 N–H and O–H groups in total. The molecule has 0 aliphatic heterocycles. The molecule has 1 aromatic rings. The minimum Gasteiger partial charge on any atom is -0.508 e. The first-order valence-electron chi connectivity index (χ1n) is 9.71. The predicted octanol–water partition coefficient (Wildman–Crippen LogP) is 5.21. The van der Waals surface area contributed by atoms with Gasteiger partial charge in [0.05, 0.1) is 0 Å². The molecular weight excluding hydrogens is 282 g/mol. The maximum Gasteiger partial charge on any atom is 0.115 e. The summed E-state index contributed by atoms with van der Waals surface area (Å²) in [6, 6.07) is 8.32. The number of hydrogen-bond acceptors (Lipinski definition) is 2. The van der Waals surface area contributed by atoms with Gasteiger partial charge in [-0.3, -0.25) is 0 Å². The second-order valence-electron chi connectivity index (χ2n) is 7.95. The van der Waals surface area contributed by atoms with Gasteiger partial charge in [0.1, 0.15) is 5.75 Å². The Kier molecular flexibility index (Phi) is 5.63. The van der Waals surface area contributed by atoms with Gasteiger partial charge in [-0.1, -0.05) is 19.1 Å². The highest BCUT2D eigenvalue weighted by Gasteiger charge is 2.32. The quantitative estimate of drug-likeness (QED) is 0.801. The van der Waals surface area contributed by atoms with Gasteiger partial charge in [0.15, 0.2) is 0 Å². The van der Waals surface area contributed by atoms with Crippen LogP contribution in [0.5, 0.6) is 5.75 Å². The molecule has 2 nitrogen and oxygen atoms in total. The Morgan fingerprint density at radius 3 is 1.96 bits per heavy atom. The Balaban J connectivity index is 1.47. The molecule has 0 amide bonds. The Bertz CT molecular complexity index is 467. The second kappa shape index (κ2) is 7.70. The third-order valence-electron chi connectivity index (χ3n) is 6.70. The first kappa shape index (κ1) is 16.8. The van der Waals surface area contributed by atoms with Gasteiger partial charge in [0.2, 0.25) is 0 Å². The molecule has 2 saturated carbocycles. The molecule has 2 aliphatic carbocycles. The summed E-state index contributed by atoms with van der Waals surface area (Å²) >= 11 is 0. The second-order valence-corrected chi connectivity index (χ2v) is 7.95. The lowest BCUT2D eigenvalue weighted by Crippen LogP contribution is -2.34. The molecule has 3 rings (SSSR count). The Labute approximate surface area is 141 Å². The third-order valence-corrected chi connectivity index (χ3v) is 6.70. The Morgan fingerprint density at radius 2 is 1.43 bits per heavy atom. The van der Waals surface area contributed by atoms with Crippen LogP contribution in [0.25, 0.3) is 0 Å². The van der Waals surface area contributed by atoms with Crippen LogP contribution in [0, 0.1) is 17.8 Å². The van der Waals surface area contributed by atoms with Gasteiger partial charge in [-0.05, 0) is 99.2 Å². The van der Waals surface area contributed by atoms with Crippen molar-refractivity contribution in [2.24, 2.45) is 23.5 Å². The smallest absolute Gasteiger partial charge is 0.115 e. The summed E-state index contributed by atoms with van der Waals surface area (Å²) in [5.74, 6) is 3.77. The molecule has 0 radical (unpaired) electrons. The van der Waals surface area contributed by atoms with Gasteiger partial charge >= 0.3 is 0 Å². The van der Waals surface area contributed by atoms with E-state index in [9.17, 15) is 5.11 Å². The van der Waals surface area contributed by atoms with Crippen LogP contribution in [0.1, 0.15) is 76.2 Å². The number of aromatic hydroxyl groups is 1. The molecule has 2 heteroatoms. The molecule has 0 spiro atoms. The van der Waals surface area contributed by atoms with Gasteiger partial charge < -0.3 is 10.8 Å². The van der Waals surface area contributed by atoms with Crippen molar-refractivity contribution in [3.8, 4) is 5.75 Å². The number of hydrogen-bond donors (Lipinski definition) is 2. The molecule has 2 aliphatic rings. The lowest BCUT2D eigenvalue weighted by molar-refractivity contribution is 0.149. The van der Waals surface area contributed by atoms with Crippen LogP contribution >= 0.6 is 0 Å². The van der Waals surface area contributed by atoms with Crippen LogP contribution in [-0.2, 0) is 0 Å². The zero-order valence-corrected chi connectivity index (χ0v) is 14.6. The van der Waals surface area contributed by atoms with Gasteiger partial charge in [0, 0.05) is 6.04 Å². The largest absolute Gasteiger partial charge is 0.508 e. The number of nitrogens with two attached hydrogens (primary N) is 1. The Morgan fingerprint density at radius 1 is 0.913 bits per heavy atom. The van der Waals surface area contributed by atoms with Gasteiger partial charge in [0.25, 0.3) is 0 Å². The molecular formula is C21H33NO. The molecule has 0 saturated heterocycles. The summed E-state index contributed by atoms with van der Waals surface area (Å²) < 4.78 is 0. The van der Waals surface area contributed by atoms with E-state index in [0.29, 0.717) is 17.7 Å². The van der Waals surface area contributed by atoms with Gasteiger partial charge in [-0.25, -0.2) is 0 Å². The van der Waals surface area contributed by atoms with Crippen LogP contribution in [0.2, 0.25) is 0 Å². The number of benzene rings is 1. The maximum absolute atomic E-state index is 9.44. The van der Waals surface area contributed by atoms with E-state index >= 15 is 0 Å². The summed E-state index contributed by atoms with van der Waals surface area (Å²) in [6.07, 6.45) is 12.1. The van der Waals surface area contributed by atoms with E-state index in [-0.39, 0.29) is 0 Å². The fraction of sp³-hybridized carbons (Fsp3) is 0.714. The molecule has 128 valence electrons. The van der Waals surface area contributed by atoms with Crippen molar-refractivity contribution in [3.05, 3.63) is 29.8 Å². The van der Waals surface area contributed by atoms with Gasteiger partial charge in [-0.2, -0.15) is 0 Å². The monoisotopic (exact) mass is 315 g/mol. The van der Waals surface area contributed by atoms with E-state index in [2.05, 4.69) is 19.1 Å². The van der Waals surface area contributed by atoms with E-state index in [1.54, 1.807) is 0 Å². The normalized spacial score (nSPS) is 33.3. The first-order valence-corrected chi connectivity index (χ1v) is 9.71. The zero-order valence-electron chi connectivity index (χ0n) is 14.6. The van der Waals surface area contributed by atoms with Crippen molar-refractivity contribution in [3.63, 3.8) is 0 Å². The molecule has 0 bridgehead atoms. The van der Waals surface area contributed by atoms with E-state index in [4.69, 9.17) is 5.73 Å². The van der Waals surface area contributed by atoms with Crippen molar-refractivity contribution in [2.75, 3.05) is 0 Å². The van der Waals surface area contributed by atoms with Crippen molar-refractivity contribution in [1.29, 1.82) is 0 Å². The zero-order chi connectivity index (χ0) is 16.2. The molecule has 23 heavy (non-hydrogen) atoms. The summed E-state index contributed by atoms with van der Waals surface area (Å²) in [5, 5.41) is 9.44. The minimum absolute atomic E-state index is 0.379. The fourth-order valence-electron chi connectivity index (χ4n) is 5.05. The molecule has 1 aromatic carbocycles. The molecule has 1 atom stereocenters. The highest BCUT2D eigenvalue weighted by molar-refractivity contribution is 5.28. The summed E-state index contributed by atoms with van der Waals surface area (Å²) in [4.78, 5) is 0. The van der Waals surface area contributed by atoms with Crippen LogP contribution in [0.15, 0.2) is 24.3 Å². The molecule has 0 heterocycles. The van der Waals surface area contributed by atoms with Crippen LogP contribution in [0.3, 0.4) is 0 Å². The highest BCUT2D eigenvalue weighted by atomic mass is 16.3. The minimum atomic E-state index is 0.379. The highest BCUT2D eigenvalue weighted by Crippen LogP contribution is 2.44. The molecule has 0 aromatic heterocycles. The average molecular weight is 316 g/mol. The van der Waals surface area contributed by atoms with Gasteiger partial charge in [-0.15, -0.1) is 0 Å². The van der Waals surface area contributed by atoms with Crippen molar-refractivity contribution in [1.82, 2.24) is 0 Å². The van der Waals surface area contributed by atoms with E-state index in [0.717, 1.165) is 24.2 Å². The topological polar surface area (TPSA) is 46.2 Å². The summed E-state index contributed by atoms with van der Waals surface area (Å²) in [7, 11) is 0. The fourth-order valence-corrected chi connectivity index (χ4v) is 5.05. The molecule has 1 unspecified atom stereocenters. The van der Waals surface area contributed by atoms with Crippen LogP contribution in [-0.4, -0.2) is 11.1 Å². The third kappa shape index (κ3) is 4.09. The van der Waals surface area contributed by atoms with Crippen LogP contribution in [0.4, 0.5) is 0 Å². The van der Waals surface area contributed by atoms with E-state index in [1.807, 2.05) is 12.1 Å². The first-order chi connectivity index (χ1) is 11.2. The van der Waals surface area contributed by atoms with Crippen molar-refractivity contribution in [2.45, 2.75) is 76.7 Å². The average Bonchev–Trinajstić information content (AvgIpc) is 2.62. The lowest BCUT2D eigenvalue weighted by atomic mass is 9.67. The Hall–Kier alpha value is -1.02. The predicted molar refractivity (Wildman–Crippen MR) is 96.5 cm³/mol. The van der Waals surface area contributed by atoms with Crippen molar-refractivity contribution < 1.29 is 5.11 Å².